The van der Waals surface area contributed by atoms with Gasteiger partial charge in [0.15, 0.2) is 5.96 Å². The van der Waals surface area contributed by atoms with Gasteiger partial charge in [0, 0.05) is 33.8 Å². The molecule has 0 fully saturated rings. The van der Waals surface area contributed by atoms with E-state index in [-0.39, 0.29) is 12.5 Å². The molecule has 22 heavy (non-hydrogen) atoms. The molecule has 0 aliphatic carbocycles. The van der Waals surface area contributed by atoms with Crippen molar-refractivity contribution in [1.82, 2.24) is 15.5 Å². The molecule has 0 radical (unpaired) electrons. The van der Waals surface area contributed by atoms with Crippen LogP contribution in [-0.2, 0) is 16.1 Å². The SMILES string of the molecule is CCNC(=NCC(=O)NCCOC)N(C)Cc1ccccc1. The summed E-state index contributed by atoms with van der Waals surface area (Å²) in [5.41, 5.74) is 1.19. The second-order valence-corrected chi connectivity index (χ2v) is 4.85. The standard InChI is InChI=1S/C16H26N4O2/c1-4-17-16(19-12-15(21)18-10-11-22-3)20(2)13-14-8-6-5-7-9-14/h5-9H,4,10-13H2,1-3H3,(H,17,19)(H,18,21). The van der Waals surface area contributed by atoms with Gasteiger partial charge >= 0.3 is 0 Å². The van der Waals surface area contributed by atoms with Gasteiger partial charge in [-0.3, -0.25) is 4.79 Å². The third-order valence-corrected chi connectivity index (χ3v) is 2.96. The molecule has 0 saturated carbocycles. The van der Waals surface area contributed by atoms with Crippen molar-refractivity contribution in [3.8, 4) is 0 Å². The average Bonchev–Trinajstić information content (AvgIpc) is 2.52. The molecule has 6 heteroatoms. The van der Waals surface area contributed by atoms with Crippen molar-refractivity contribution < 1.29 is 9.53 Å². The number of nitrogens with zero attached hydrogens (tertiary/aromatic N) is 2. The Balaban J connectivity index is 2.55. The third-order valence-electron chi connectivity index (χ3n) is 2.96. The average molecular weight is 306 g/mol. The maximum absolute atomic E-state index is 11.7. The predicted octanol–water partition coefficient (Wildman–Crippen LogP) is 0.847. The zero-order chi connectivity index (χ0) is 16.2. The summed E-state index contributed by atoms with van der Waals surface area (Å²) < 4.78 is 4.89. The molecule has 0 bridgehead atoms. The van der Waals surface area contributed by atoms with Crippen LogP contribution in [-0.4, -0.2) is 57.2 Å². The molecule has 0 heterocycles. The summed E-state index contributed by atoms with van der Waals surface area (Å²) in [6, 6.07) is 10.1. The van der Waals surface area contributed by atoms with Crippen LogP contribution in [0.5, 0.6) is 0 Å². The zero-order valence-electron chi connectivity index (χ0n) is 13.6. The van der Waals surface area contributed by atoms with Crippen LogP contribution in [0.1, 0.15) is 12.5 Å². The van der Waals surface area contributed by atoms with Crippen LogP contribution in [0.15, 0.2) is 35.3 Å². The van der Waals surface area contributed by atoms with Gasteiger partial charge in [0.2, 0.25) is 5.91 Å². The highest BCUT2D eigenvalue weighted by Crippen LogP contribution is 2.02. The molecule has 0 atom stereocenters. The van der Waals surface area contributed by atoms with Crippen molar-refractivity contribution in [2.45, 2.75) is 13.5 Å². The lowest BCUT2D eigenvalue weighted by Crippen LogP contribution is -2.39. The van der Waals surface area contributed by atoms with Gasteiger partial charge < -0.3 is 20.3 Å². The lowest BCUT2D eigenvalue weighted by molar-refractivity contribution is -0.119. The van der Waals surface area contributed by atoms with Gasteiger partial charge in [-0.25, -0.2) is 4.99 Å². The van der Waals surface area contributed by atoms with Crippen LogP contribution in [0.4, 0.5) is 0 Å². The molecule has 6 nitrogen and oxygen atoms in total. The number of hydrogen-bond donors (Lipinski definition) is 2. The minimum absolute atomic E-state index is 0.102. The first-order valence-electron chi connectivity index (χ1n) is 7.46. The molecule has 0 aliphatic rings. The Morgan fingerprint density at radius 1 is 1.27 bits per heavy atom. The summed E-state index contributed by atoms with van der Waals surface area (Å²) in [6.07, 6.45) is 0. The number of carbonyl (C=O) groups is 1. The number of amides is 1. The van der Waals surface area contributed by atoms with E-state index in [4.69, 9.17) is 4.74 Å². The number of nitrogens with one attached hydrogen (secondary N) is 2. The van der Waals surface area contributed by atoms with Crippen molar-refractivity contribution in [2.24, 2.45) is 4.99 Å². The summed E-state index contributed by atoms with van der Waals surface area (Å²) in [4.78, 5) is 18.1. The first kappa shape index (κ1) is 18.0. The normalized spacial score (nSPS) is 11.1. The summed E-state index contributed by atoms with van der Waals surface area (Å²) in [5, 5.41) is 5.95. The van der Waals surface area contributed by atoms with Crippen molar-refractivity contribution in [2.75, 3.05) is 40.4 Å². The molecule has 1 aromatic rings. The van der Waals surface area contributed by atoms with Gasteiger partial charge in [-0.1, -0.05) is 30.3 Å². The smallest absolute Gasteiger partial charge is 0.241 e. The highest BCUT2D eigenvalue weighted by Gasteiger charge is 2.07. The van der Waals surface area contributed by atoms with Crippen molar-refractivity contribution >= 4 is 11.9 Å². The summed E-state index contributed by atoms with van der Waals surface area (Å²) in [7, 11) is 3.56. The molecule has 0 saturated heterocycles. The van der Waals surface area contributed by atoms with Crippen molar-refractivity contribution in [3.05, 3.63) is 35.9 Å². The summed E-state index contributed by atoms with van der Waals surface area (Å²) in [6.45, 7) is 4.60. The number of carbonyl (C=O) groups excluding carboxylic acids is 1. The molecule has 0 spiro atoms. The maximum atomic E-state index is 11.7. The predicted molar refractivity (Wildman–Crippen MR) is 88.8 cm³/mol. The quantitative estimate of drug-likeness (QED) is 0.424. The van der Waals surface area contributed by atoms with E-state index in [1.165, 1.54) is 5.56 Å². The van der Waals surface area contributed by atoms with Crippen LogP contribution in [0.3, 0.4) is 0 Å². The number of aliphatic imine (C=N–C) groups is 1. The van der Waals surface area contributed by atoms with Gasteiger partial charge in [-0.2, -0.15) is 0 Å². The molecule has 2 N–H and O–H groups in total. The number of hydrogen-bond acceptors (Lipinski definition) is 3. The van der Waals surface area contributed by atoms with Crippen LogP contribution in [0.2, 0.25) is 0 Å². The molecule has 122 valence electrons. The number of ether oxygens (including phenoxy) is 1. The number of guanidine groups is 1. The Bertz CT molecular complexity index is 462. The summed E-state index contributed by atoms with van der Waals surface area (Å²) >= 11 is 0. The Morgan fingerprint density at radius 2 is 2.00 bits per heavy atom. The van der Waals surface area contributed by atoms with Crippen LogP contribution < -0.4 is 10.6 Å². The van der Waals surface area contributed by atoms with E-state index in [1.807, 2.05) is 37.1 Å². The highest BCUT2D eigenvalue weighted by atomic mass is 16.5. The van der Waals surface area contributed by atoms with Gasteiger partial charge in [0.1, 0.15) is 6.54 Å². The monoisotopic (exact) mass is 306 g/mol. The minimum atomic E-state index is -0.111. The lowest BCUT2D eigenvalue weighted by Gasteiger charge is -2.22. The third kappa shape index (κ3) is 7.08. The van der Waals surface area contributed by atoms with E-state index in [2.05, 4.69) is 27.8 Å². The molecular weight excluding hydrogens is 280 g/mol. The molecule has 1 rings (SSSR count). The van der Waals surface area contributed by atoms with E-state index >= 15 is 0 Å². The van der Waals surface area contributed by atoms with Crippen LogP contribution in [0.25, 0.3) is 0 Å². The van der Waals surface area contributed by atoms with Crippen LogP contribution in [0, 0.1) is 0 Å². The first-order chi connectivity index (χ1) is 10.7. The molecule has 0 unspecified atom stereocenters. The molecule has 1 aromatic carbocycles. The van der Waals surface area contributed by atoms with E-state index in [0.29, 0.717) is 19.1 Å². The van der Waals surface area contributed by atoms with Gasteiger partial charge in [0.25, 0.3) is 0 Å². The van der Waals surface area contributed by atoms with Crippen LogP contribution >= 0.6 is 0 Å². The Hall–Kier alpha value is -2.08. The fraction of sp³-hybridized carbons (Fsp3) is 0.500. The van der Waals surface area contributed by atoms with E-state index in [1.54, 1.807) is 7.11 Å². The van der Waals surface area contributed by atoms with E-state index < -0.39 is 0 Å². The second-order valence-electron chi connectivity index (χ2n) is 4.85. The Kier molecular flexibility index (Phi) is 8.67. The topological polar surface area (TPSA) is 66.0 Å². The highest BCUT2D eigenvalue weighted by molar-refractivity contribution is 5.84. The van der Waals surface area contributed by atoms with Gasteiger partial charge in [-0.15, -0.1) is 0 Å². The first-order valence-corrected chi connectivity index (χ1v) is 7.46. The van der Waals surface area contributed by atoms with Gasteiger partial charge in [-0.05, 0) is 12.5 Å². The lowest BCUT2D eigenvalue weighted by atomic mass is 10.2. The molecule has 0 aromatic heterocycles. The van der Waals surface area contributed by atoms with Crippen molar-refractivity contribution in [3.63, 3.8) is 0 Å². The van der Waals surface area contributed by atoms with Gasteiger partial charge in [0.05, 0.1) is 6.61 Å². The second kappa shape index (κ2) is 10.6. The zero-order valence-corrected chi connectivity index (χ0v) is 13.6. The fourth-order valence-corrected chi connectivity index (χ4v) is 1.90. The minimum Gasteiger partial charge on any atom is -0.383 e. The Morgan fingerprint density at radius 3 is 2.64 bits per heavy atom. The summed E-state index contributed by atoms with van der Waals surface area (Å²) in [5.74, 6) is 0.605. The van der Waals surface area contributed by atoms with Crippen molar-refractivity contribution in [1.29, 1.82) is 0 Å². The molecule has 0 aliphatic heterocycles. The molecule has 1 amide bonds. The number of methoxy groups -OCH3 is 1. The number of rotatable bonds is 8. The molecular formula is C16H26N4O2. The van der Waals surface area contributed by atoms with E-state index in [9.17, 15) is 4.79 Å². The van der Waals surface area contributed by atoms with E-state index in [0.717, 1.165) is 13.1 Å². The fourth-order valence-electron chi connectivity index (χ4n) is 1.90. The maximum Gasteiger partial charge on any atom is 0.241 e. The largest absolute Gasteiger partial charge is 0.383 e. The number of benzene rings is 1. The Labute approximate surface area is 132 Å².